The molecule has 87 heavy (non-hydrogen) atoms. The van der Waals surface area contributed by atoms with Gasteiger partial charge in [0.05, 0.1) is 39.0 Å². The van der Waals surface area contributed by atoms with Crippen LogP contribution >= 0.6 is 0 Å². The zero-order chi connectivity index (χ0) is 60.7. The number of esters is 4. The summed E-state index contributed by atoms with van der Waals surface area (Å²) in [4.78, 5) is 72.9. The first kappa shape index (κ1) is 64.7. The Hall–Kier alpha value is -8.31. The van der Waals surface area contributed by atoms with Crippen LogP contribution < -0.4 is 61.1 Å². The first-order valence-corrected chi connectivity index (χ1v) is 29.2. The summed E-state index contributed by atoms with van der Waals surface area (Å²) in [6.07, 6.45) is 15.9. The zero-order valence-electron chi connectivity index (χ0n) is 50.2. The summed E-state index contributed by atoms with van der Waals surface area (Å²) in [6, 6.07) is 23.0. The Labute approximate surface area is 522 Å². The molecule has 0 spiro atoms. The monoisotopic (exact) mass is 1190 g/mol. The van der Waals surface area contributed by atoms with Crippen molar-refractivity contribution in [1.29, 1.82) is 0 Å². The van der Waals surface area contributed by atoms with Gasteiger partial charge in [0.15, 0.2) is 75.8 Å². The van der Waals surface area contributed by atoms with Crippen LogP contribution in [0.1, 0.15) is 107 Å². The van der Waals surface area contributed by atoms with Gasteiger partial charge in [0, 0.05) is 106 Å². The van der Waals surface area contributed by atoms with Crippen molar-refractivity contribution in [2.45, 2.75) is 119 Å². The molecule has 446 valence electrons. The maximum atomic E-state index is 14.0. The minimum absolute atomic E-state index is 0. The predicted molar refractivity (Wildman–Crippen MR) is 324 cm³/mol. The van der Waals surface area contributed by atoms with E-state index in [2.05, 4.69) is 9.97 Å². The van der Waals surface area contributed by atoms with Crippen LogP contribution in [0, 0.1) is 13.8 Å². The minimum Gasteiger partial charge on any atom is -0.657 e. The van der Waals surface area contributed by atoms with E-state index < -0.39 is 11.9 Å². The molecule has 0 aromatic carbocycles. The smallest absolute Gasteiger partial charge is 0.657 e. The van der Waals surface area contributed by atoms with Gasteiger partial charge in [-0.2, -0.15) is 0 Å². The number of pyridine rings is 4. The molecule has 2 aliphatic rings. The van der Waals surface area contributed by atoms with E-state index in [1.165, 1.54) is 0 Å². The fraction of sp³-hybridized carbons (Fsp3) is 0.333. The first-order chi connectivity index (χ1) is 41.7. The molecule has 0 unspecified atom stereocenters. The average Bonchev–Trinajstić information content (AvgIpc) is 2.08. The van der Waals surface area contributed by atoms with Crippen LogP contribution in [0.3, 0.4) is 0 Å². The predicted octanol–water partition coefficient (Wildman–Crippen LogP) is 3.11. The summed E-state index contributed by atoms with van der Waals surface area (Å²) in [7, 11) is 0. The molecular formula is C66H78MgN12O8+6. The molecule has 21 heteroatoms. The van der Waals surface area contributed by atoms with Gasteiger partial charge in [-0.15, -0.1) is 22.1 Å². The molecule has 8 bridgehead atoms. The molecule has 20 nitrogen and oxygen atoms in total. The second kappa shape index (κ2) is 30.9. The standard InChI is InChI=1S/C66H76N12O8.Mg/c1-43-51(5-7-63(79)83-39-47-9-21-75(22-10-47)29-17-67)59-38-60-52(6-8-64(80)84-40-48-11-23-76(24-12-48)30-18-68)44(2)57(72-60)36-61-54(34-66(82)86-42-50-15-27-78(28-16-50)32-20-70)46(4)58(74-61)37-62-53(45(3)56(73-62)35-55(43)71-59)33-65(81)85-41-49-13-25-77(26-14-49)31-19-69;/h9-16,21-28,35-38H,5-8,17-20,29-34,39-42,67-70H2,1-4H3;/q2*+2/p+2. The molecule has 0 atom stereocenters. The molecule has 7 aromatic heterocycles. The van der Waals surface area contributed by atoms with E-state index in [1.807, 2.05) is 168 Å². The Balaban J connectivity index is 0.00000982. The van der Waals surface area contributed by atoms with Crippen molar-refractivity contribution >= 4 is 91.3 Å². The Morgan fingerprint density at radius 3 is 1.16 bits per heavy atom. The number of ether oxygens (including phenoxy) is 4. The van der Waals surface area contributed by atoms with E-state index in [0.717, 1.165) is 61.4 Å². The van der Waals surface area contributed by atoms with Crippen LogP contribution in [0.5, 0.6) is 0 Å². The number of aryl methyl sites for hydroxylation is 3. The van der Waals surface area contributed by atoms with Crippen molar-refractivity contribution in [3.05, 3.63) is 190 Å². The number of rotatable bonds is 26. The van der Waals surface area contributed by atoms with E-state index in [1.54, 1.807) is 0 Å². The number of allylic oxidation sites excluding steroid dienone is 3. The van der Waals surface area contributed by atoms with Gasteiger partial charge in [0.25, 0.3) is 0 Å². The molecule has 0 saturated heterocycles. The summed E-state index contributed by atoms with van der Waals surface area (Å²) in [6.45, 7) is 12.9. The maximum Gasteiger partial charge on any atom is 2.00 e. The number of aromatic nitrogens is 8. The summed E-state index contributed by atoms with van der Waals surface area (Å²) < 4.78 is 31.3. The van der Waals surface area contributed by atoms with Crippen molar-refractivity contribution in [2.75, 3.05) is 26.2 Å². The zero-order valence-corrected chi connectivity index (χ0v) is 51.7. The first-order valence-electron chi connectivity index (χ1n) is 29.2. The average molecular weight is 1190 g/mol. The largest absolute Gasteiger partial charge is 2.00 e. The van der Waals surface area contributed by atoms with E-state index in [-0.39, 0.29) is 87.1 Å². The molecule has 2 aliphatic heterocycles. The van der Waals surface area contributed by atoms with E-state index >= 15 is 0 Å². The molecule has 0 amide bonds. The number of hydrogen-bond donors (Lipinski definition) is 4. The van der Waals surface area contributed by atoms with Crippen LogP contribution in [0.25, 0.3) is 44.4 Å². The van der Waals surface area contributed by atoms with Gasteiger partial charge in [-0.3, -0.25) is 19.2 Å². The third-order valence-corrected chi connectivity index (χ3v) is 15.6. The molecule has 0 fully saturated rings. The molecule has 10 N–H and O–H groups in total. The van der Waals surface area contributed by atoms with Crippen LogP contribution in [-0.4, -0.2) is 73.1 Å². The summed E-state index contributed by atoms with van der Waals surface area (Å²) in [5.74, 6) is -1.62. The second-order valence-corrected chi connectivity index (χ2v) is 21.6. The minimum atomic E-state index is -0.441. The summed E-state index contributed by atoms with van der Waals surface area (Å²) in [5, 5.41) is 0. The van der Waals surface area contributed by atoms with Gasteiger partial charge in [-0.05, 0) is 70.4 Å². The summed E-state index contributed by atoms with van der Waals surface area (Å²) >= 11 is 0. The van der Waals surface area contributed by atoms with Gasteiger partial charge >= 0.3 is 46.9 Å². The normalized spacial score (nSPS) is 12.0. The van der Waals surface area contributed by atoms with Gasteiger partial charge in [-0.25, -0.2) is 28.2 Å². The number of aromatic amines is 2. The van der Waals surface area contributed by atoms with Crippen LogP contribution in [0.4, 0.5) is 0 Å². The molecule has 0 saturated carbocycles. The molecule has 9 rings (SSSR count). The molecular weight excluding hydrogens is 1110 g/mol. The summed E-state index contributed by atoms with van der Waals surface area (Å²) in [5.41, 5.74) is 37.7. The Kier molecular flexibility index (Phi) is 22.9. The van der Waals surface area contributed by atoms with Crippen molar-refractivity contribution in [3.8, 4) is 0 Å². The Morgan fingerprint density at radius 2 is 0.736 bits per heavy atom. The Bertz CT molecular complexity index is 3840. The number of H-pyrrole nitrogens is 2. The van der Waals surface area contributed by atoms with Gasteiger partial charge in [0.1, 0.15) is 26.4 Å². The van der Waals surface area contributed by atoms with E-state index in [0.29, 0.717) is 115 Å². The third-order valence-electron chi connectivity index (χ3n) is 15.6. The van der Waals surface area contributed by atoms with Gasteiger partial charge in [-0.1, -0.05) is 16.7 Å². The van der Waals surface area contributed by atoms with Crippen LogP contribution in [-0.2, 0) is 104 Å². The maximum absolute atomic E-state index is 14.0. The number of carbonyl (C=O) groups excluding carboxylic acids is 4. The van der Waals surface area contributed by atoms with Gasteiger partial charge < -0.3 is 51.9 Å². The molecule has 0 aliphatic carbocycles. The Morgan fingerprint density at radius 1 is 0.414 bits per heavy atom. The van der Waals surface area contributed by atoms with Gasteiger partial charge in [0.2, 0.25) is 22.8 Å². The number of nitrogens with zero attached hydrogens (tertiary/aromatic N) is 6. The van der Waals surface area contributed by atoms with Crippen molar-refractivity contribution < 1.29 is 66.4 Å². The molecule has 9 heterocycles. The SMILES string of the molecule is CC1=C(CCC(=O)OCc2cc[n+](CCN)cc2)c2cc3[n-]c(cc4[nH+]c(cc5[n-]c(cc1[nH+]2)c(C)c5CC(=O)OCc1cc[n+](CCN)cc1)C(C)=C4CC(=O)OCc1cc[n+](CCN)cc1)c(C)c3CCC(=O)OCc1cc[n+](CCN)cc1.[Mg+2]. The van der Waals surface area contributed by atoms with Crippen LogP contribution in [0.15, 0.2) is 122 Å². The number of fused-ring (bicyclic) bond motifs is 8. The number of hydrogen-bond acceptors (Lipinski definition) is 12. The number of carbonyl (C=O) groups is 4. The number of nitrogens with one attached hydrogen (secondary N) is 2. The number of nitrogens with two attached hydrogens (primary N) is 4. The van der Waals surface area contributed by atoms with Crippen molar-refractivity contribution in [3.63, 3.8) is 0 Å². The topological polar surface area (TPSA) is 281 Å². The van der Waals surface area contributed by atoms with Crippen molar-refractivity contribution in [2.24, 2.45) is 22.9 Å². The quantitative estimate of drug-likeness (QED) is 0.0263. The molecule has 7 aromatic rings. The van der Waals surface area contributed by atoms with E-state index in [9.17, 15) is 19.2 Å². The van der Waals surface area contributed by atoms with Crippen molar-refractivity contribution in [1.82, 2.24) is 9.97 Å². The van der Waals surface area contributed by atoms with Crippen LogP contribution in [0.2, 0.25) is 0 Å². The third kappa shape index (κ3) is 17.0. The second-order valence-electron chi connectivity index (χ2n) is 21.6. The molecule has 0 radical (unpaired) electrons. The fourth-order valence-corrected chi connectivity index (χ4v) is 10.5. The fourth-order valence-electron chi connectivity index (χ4n) is 10.5. The van der Waals surface area contributed by atoms with E-state index in [4.69, 9.17) is 51.9 Å².